The number of halogens is 1. The molecule has 0 aliphatic carbocycles. The third kappa shape index (κ3) is 6.72. The Morgan fingerprint density at radius 2 is 2.16 bits per heavy atom. The first kappa shape index (κ1) is 16.9. The molecule has 1 heterocycles. The van der Waals surface area contributed by atoms with Crippen LogP contribution in [-0.4, -0.2) is 41.8 Å². The van der Waals surface area contributed by atoms with Crippen LogP contribution in [0.1, 0.15) is 12.8 Å². The van der Waals surface area contributed by atoms with Crippen molar-refractivity contribution in [3.8, 4) is 0 Å². The highest BCUT2D eigenvalue weighted by Crippen LogP contribution is 2.22. The third-order valence-corrected chi connectivity index (χ3v) is 4.97. The van der Waals surface area contributed by atoms with Gasteiger partial charge in [0.05, 0.1) is 5.70 Å². The van der Waals surface area contributed by atoms with Gasteiger partial charge in [-0.2, -0.15) is 0 Å². The van der Waals surface area contributed by atoms with Gasteiger partial charge in [-0.05, 0) is 6.42 Å². The molecule has 0 atom stereocenters. The van der Waals surface area contributed by atoms with Crippen molar-refractivity contribution >= 4 is 56.5 Å². The van der Waals surface area contributed by atoms with Gasteiger partial charge in [0.25, 0.3) is 5.91 Å². The number of allylic oxidation sites excluding steroid dienone is 1. The number of hydrogen-bond donors (Lipinski definition) is 1. The van der Waals surface area contributed by atoms with E-state index in [2.05, 4.69) is 33.0 Å². The average Bonchev–Trinajstić information content (AvgIpc) is 2.69. The Labute approximate surface area is 133 Å². The lowest BCUT2D eigenvalue weighted by Gasteiger charge is -2.15. The summed E-state index contributed by atoms with van der Waals surface area (Å²) >= 11 is 2.09. The predicted molar refractivity (Wildman–Crippen MR) is 84.6 cm³/mol. The number of ether oxygens (including phenoxy) is 1. The molecule has 1 rings (SSSR count). The number of rotatable bonds is 8. The van der Waals surface area contributed by atoms with E-state index >= 15 is 0 Å². The van der Waals surface area contributed by atoms with E-state index in [1.165, 1.54) is 0 Å². The molecule has 0 spiro atoms. The minimum absolute atomic E-state index is 0.253. The smallest absolute Gasteiger partial charge is 0.432 e. The van der Waals surface area contributed by atoms with E-state index in [-0.39, 0.29) is 12.5 Å². The van der Waals surface area contributed by atoms with Crippen LogP contribution >= 0.6 is 44.5 Å². The molecular weight excluding hydrogens is 403 g/mol. The Morgan fingerprint density at radius 3 is 2.79 bits per heavy atom. The lowest BCUT2D eigenvalue weighted by atomic mass is 10.3. The van der Waals surface area contributed by atoms with E-state index < -0.39 is 6.16 Å². The van der Waals surface area contributed by atoms with Crippen molar-refractivity contribution in [2.45, 2.75) is 12.8 Å². The molecule has 1 fully saturated rings. The van der Waals surface area contributed by atoms with E-state index in [1.807, 2.05) is 0 Å². The summed E-state index contributed by atoms with van der Waals surface area (Å²) in [4.78, 5) is 27.4. The van der Waals surface area contributed by atoms with Gasteiger partial charge in [-0.15, -0.1) is 5.06 Å². The SMILES string of the molecule is C=C1CCC(=O)N1OC(=O)OCCSSCCNI. The molecule has 0 aromatic carbocycles. The Kier molecular flexibility index (Phi) is 8.66. The highest BCUT2D eigenvalue weighted by Gasteiger charge is 2.28. The molecule has 0 aromatic heterocycles. The van der Waals surface area contributed by atoms with Crippen LogP contribution in [0, 0.1) is 0 Å². The van der Waals surface area contributed by atoms with Crippen molar-refractivity contribution in [3.63, 3.8) is 0 Å². The van der Waals surface area contributed by atoms with Gasteiger partial charge < -0.3 is 4.74 Å². The average molecular weight is 418 g/mol. The van der Waals surface area contributed by atoms with Gasteiger partial charge in [0.1, 0.15) is 6.61 Å². The van der Waals surface area contributed by atoms with Crippen LogP contribution in [0.4, 0.5) is 4.79 Å². The zero-order valence-corrected chi connectivity index (χ0v) is 14.0. The topological polar surface area (TPSA) is 67.9 Å². The highest BCUT2D eigenvalue weighted by molar-refractivity contribution is 14.1. The molecule has 108 valence electrons. The summed E-state index contributed by atoms with van der Waals surface area (Å²) in [5.74, 6) is 1.40. The quantitative estimate of drug-likeness (QED) is 0.214. The van der Waals surface area contributed by atoms with Crippen molar-refractivity contribution in [1.82, 2.24) is 8.59 Å². The first-order valence-electron chi connectivity index (χ1n) is 5.58. The summed E-state index contributed by atoms with van der Waals surface area (Å²) in [6.07, 6.45) is -0.0247. The molecule has 1 amide bonds. The van der Waals surface area contributed by atoms with Crippen LogP contribution in [0.3, 0.4) is 0 Å². The second kappa shape index (κ2) is 9.72. The number of carbonyl (C=O) groups is 2. The van der Waals surface area contributed by atoms with E-state index in [9.17, 15) is 9.59 Å². The summed E-state index contributed by atoms with van der Waals surface area (Å²) in [5, 5.41) is 0.913. The van der Waals surface area contributed by atoms with Crippen molar-refractivity contribution in [2.24, 2.45) is 0 Å². The Balaban J connectivity index is 2.05. The highest BCUT2D eigenvalue weighted by atomic mass is 127. The fourth-order valence-electron chi connectivity index (χ4n) is 1.20. The molecule has 0 radical (unpaired) electrons. The van der Waals surface area contributed by atoms with Gasteiger partial charge in [0.15, 0.2) is 0 Å². The van der Waals surface area contributed by atoms with Crippen molar-refractivity contribution < 1.29 is 19.2 Å². The number of nitrogens with one attached hydrogen (secondary N) is 1. The standard InChI is InChI=1S/C10H15IN2O4S2/c1-8-2-3-9(14)13(8)17-10(15)16-5-7-19-18-6-4-12-11/h12H,1-7H2. The first-order valence-corrected chi connectivity index (χ1v) is 9.15. The zero-order valence-electron chi connectivity index (χ0n) is 10.2. The normalized spacial score (nSPS) is 14.9. The van der Waals surface area contributed by atoms with Crippen molar-refractivity contribution in [2.75, 3.05) is 24.7 Å². The van der Waals surface area contributed by atoms with Gasteiger partial charge in [0.2, 0.25) is 0 Å². The van der Waals surface area contributed by atoms with Gasteiger partial charge in [-0.1, -0.05) is 28.2 Å². The molecule has 0 saturated carbocycles. The lowest BCUT2D eigenvalue weighted by molar-refractivity contribution is -0.157. The Hall–Kier alpha value is -0.130. The van der Waals surface area contributed by atoms with Gasteiger partial charge in [0, 0.05) is 47.3 Å². The summed E-state index contributed by atoms with van der Waals surface area (Å²) < 4.78 is 7.87. The Morgan fingerprint density at radius 1 is 1.42 bits per heavy atom. The summed E-state index contributed by atoms with van der Waals surface area (Å²) in [7, 11) is 3.32. The molecule has 1 N–H and O–H groups in total. The van der Waals surface area contributed by atoms with Crippen LogP contribution in [0.15, 0.2) is 12.3 Å². The zero-order chi connectivity index (χ0) is 14.1. The van der Waals surface area contributed by atoms with Crippen LogP contribution in [0.5, 0.6) is 0 Å². The molecule has 6 nitrogen and oxygen atoms in total. The molecule has 0 unspecified atom stereocenters. The minimum atomic E-state index is -0.865. The van der Waals surface area contributed by atoms with Crippen LogP contribution in [-0.2, 0) is 14.4 Å². The first-order chi connectivity index (χ1) is 9.15. The largest absolute Gasteiger partial charge is 0.533 e. The van der Waals surface area contributed by atoms with E-state index in [4.69, 9.17) is 9.57 Å². The number of amides is 1. The predicted octanol–water partition coefficient (Wildman–Crippen LogP) is 2.51. The molecular formula is C10H15IN2O4S2. The van der Waals surface area contributed by atoms with Crippen LogP contribution in [0.25, 0.3) is 0 Å². The maximum Gasteiger partial charge on any atom is 0.533 e. The van der Waals surface area contributed by atoms with Crippen LogP contribution in [0.2, 0.25) is 0 Å². The van der Waals surface area contributed by atoms with Gasteiger partial charge >= 0.3 is 6.16 Å². The second-order valence-corrected chi connectivity index (χ2v) is 6.94. The van der Waals surface area contributed by atoms with E-state index in [1.54, 1.807) is 21.6 Å². The molecule has 1 aliphatic rings. The van der Waals surface area contributed by atoms with Gasteiger partial charge in [-0.3, -0.25) is 13.2 Å². The maximum atomic E-state index is 11.3. The van der Waals surface area contributed by atoms with Crippen LogP contribution < -0.4 is 3.53 Å². The summed E-state index contributed by atoms with van der Waals surface area (Å²) in [6, 6.07) is 0. The number of hydroxylamine groups is 2. The molecule has 19 heavy (non-hydrogen) atoms. The molecule has 9 heteroatoms. The molecule has 0 bridgehead atoms. The van der Waals surface area contributed by atoms with E-state index in [0.717, 1.165) is 17.4 Å². The summed E-state index contributed by atoms with van der Waals surface area (Å²) in [5.41, 5.74) is 0.484. The maximum absolute atomic E-state index is 11.3. The van der Waals surface area contributed by atoms with Crippen molar-refractivity contribution in [1.29, 1.82) is 0 Å². The fraction of sp³-hybridized carbons (Fsp3) is 0.600. The van der Waals surface area contributed by atoms with E-state index in [0.29, 0.717) is 24.3 Å². The molecule has 0 aromatic rings. The van der Waals surface area contributed by atoms with Gasteiger partial charge in [-0.25, -0.2) is 4.79 Å². The van der Waals surface area contributed by atoms with Crippen molar-refractivity contribution in [3.05, 3.63) is 12.3 Å². The molecule has 1 saturated heterocycles. The monoisotopic (exact) mass is 418 g/mol. The Bertz CT molecular complexity index is 327. The number of nitrogens with zero attached hydrogens (tertiary/aromatic N) is 1. The third-order valence-electron chi connectivity index (χ3n) is 2.06. The molecule has 1 aliphatic heterocycles. The second-order valence-electron chi connectivity index (χ2n) is 3.47. The number of carbonyl (C=O) groups excluding carboxylic acids is 2. The number of hydrogen-bond acceptors (Lipinski definition) is 7. The lowest BCUT2D eigenvalue weighted by Crippen LogP contribution is -2.27. The summed E-state index contributed by atoms with van der Waals surface area (Å²) in [6.45, 7) is 4.82. The minimum Gasteiger partial charge on any atom is -0.432 e. The fourth-order valence-corrected chi connectivity index (χ4v) is 3.57.